The fraction of sp³-hybridized carbons (Fsp3) is 0.250. The number of hydrogen-bond acceptors (Lipinski definition) is 2. The van der Waals surface area contributed by atoms with E-state index >= 15 is 0 Å². The molecule has 0 radical (unpaired) electrons. The summed E-state index contributed by atoms with van der Waals surface area (Å²) in [5.41, 5.74) is 7.02. The molecule has 2 rings (SSSR count). The molecule has 21 heavy (non-hydrogen) atoms. The van der Waals surface area contributed by atoms with Crippen molar-refractivity contribution in [3.63, 3.8) is 0 Å². The van der Waals surface area contributed by atoms with Gasteiger partial charge in [-0.15, -0.1) is 0 Å². The quantitative estimate of drug-likeness (QED) is 0.910. The van der Waals surface area contributed by atoms with Gasteiger partial charge < -0.3 is 10.5 Å². The molecule has 0 fully saturated rings. The van der Waals surface area contributed by atoms with Gasteiger partial charge in [0.15, 0.2) is 0 Å². The first kappa shape index (κ1) is 15.4. The van der Waals surface area contributed by atoms with Gasteiger partial charge in [-0.2, -0.15) is 13.2 Å². The number of alkyl halides is 3. The third-order valence-corrected chi connectivity index (χ3v) is 3.25. The first-order chi connectivity index (χ1) is 9.82. The summed E-state index contributed by atoms with van der Waals surface area (Å²) in [5, 5.41) is 0. The third kappa shape index (κ3) is 3.36. The number of methoxy groups -OCH3 is 1. The first-order valence-electron chi connectivity index (χ1n) is 6.44. The summed E-state index contributed by atoms with van der Waals surface area (Å²) in [6, 6.07) is 10.2. The monoisotopic (exact) mass is 295 g/mol. The molecule has 0 saturated carbocycles. The molecule has 2 N–H and O–H groups in total. The van der Waals surface area contributed by atoms with Crippen LogP contribution in [-0.2, 0) is 6.18 Å². The molecule has 0 aromatic heterocycles. The highest BCUT2D eigenvalue weighted by atomic mass is 19.4. The summed E-state index contributed by atoms with van der Waals surface area (Å²) < 4.78 is 43.7. The molecule has 2 aromatic rings. The SMILES string of the molecule is COc1ccc(C(C)N)cc1-c1cccc(C(F)(F)F)c1. The van der Waals surface area contributed by atoms with Gasteiger partial charge in [0, 0.05) is 11.6 Å². The second-order valence-corrected chi connectivity index (χ2v) is 4.83. The standard InChI is InChI=1S/C16H16F3NO/c1-10(20)11-6-7-15(21-2)14(9-11)12-4-3-5-13(8-12)16(17,18)19/h3-10H,20H2,1-2H3. The molecule has 0 bridgehead atoms. The lowest BCUT2D eigenvalue weighted by molar-refractivity contribution is -0.137. The van der Waals surface area contributed by atoms with Crippen LogP contribution in [0, 0.1) is 0 Å². The summed E-state index contributed by atoms with van der Waals surface area (Å²) in [4.78, 5) is 0. The highest BCUT2D eigenvalue weighted by Crippen LogP contribution is 2.36. The van der Waals surface area contributed by atoms with Crippen molar-refractivity contribution in [1.29, 1.82) is 0 Å². The molecular formula is C16H16F3NO. The van der Waals surface area contributed by atoms with Crippen molar-refractivity contribution in [3.8, 4) is 16.9 Å². The fourth-order valence-electron chi connectivity index (χ4n) is 2.10. The molecule has 0 saturated heterocycles. The van der Waals surface area contributed by atoms with Crippen LogP contribution in [0.15, 0.2) is 42.5 Å². The van der Waals surface area contributed by atoms with E-state index in [1.165, 1.54) is 13.2 Å². The lowest BCUT2D eigenvalue weighted by atomic mass is 9.98. The van der Waals surface area contributed by atoms with Crippen molar-refractivity contribution in [2.24, 2.45) is 5.73 Å². The number of benzene rings is 2. The molecule has 0 aliphatic carbocycles. The molecular weight excluding hydrogens is 279 g/mol. The van der Waals surface area contributed by atoms with Crippen molar-refractivity contribution < 1.29 is 17.9 Å². The maximum absolute atomic E-state index is 12.8. The maximum atomic E-state index is 12.8. The van der Waals surface area contributed by atoms with E-state index in [-0.39, 0.29) is 6.04 Å². The molecule has 0 aliphatic rings. The van der Waals surface area contributed by atoms with Gasteiger partial charge in [0.1, 0.15) is 5.75 Å². The molecule has 5 heteroatoms. The lowest BCUT2D eigenvalue weighted by Gasteiger charge is -2.14. The fourth-order valence-corrected chi connectivity index (χ4v) is 2.10. The Bertz CT molecular complexity index is 636. The Morgan fingerprint density at radius 2 is 1.81 bits per heavy atom. The van der Waals surface area contributed by atoms with E-state index in [9.17, 15) is 13.2 Å². The molecule has 0 heterocycles. The van der Waals surface area contributed by atoms with Gasteiger partial charge in [-0.1, -0.05) is 18.2 Å². The van der Waals surface area contributed by atoms with E-state index < -0.39 is 11.7 Å². The van der Waals surface area contributed by atoms with Crippen molar-refractivity contribution >= 4 is 0 Å². The van der Waals surface area contributed by atoms with Gasteiger partial charge in [-0.25, -0.2) is 0 Å². The van der Waals surface area contributed by atoms with Gasteiger partial charge in [0.2, 0.25) is 0 Å². The van der Waals surface area contributed by atoms with Gasteiger partial charge in [-0.3, -0.25) is 0 Å². The minimum atomic E-state index is -4.37. The maximum Gasteiger partial charge on any atom is 0.416 e. The van der Waals surface area contributed by atoms with Crippen LogP contribution in [0.4, 0.5) is 13.2 Å². The van der Waals surface area contributed by atoms with Gasteiger partial charge in [-0.05, 0) is 42.3 Å². The Morgan fingerprint density at radius 3 is 2.38 bits per heavy atom. The van der Waals surface area contributed by atoms with E-state index in [1.54, 1.807) is 24.3 Å². The van der Waals surface area contributed by atoms with Crippen molar-refractivity contribution in [1.82, 2.24) is 0 Å². The summed E-state index contributed by atoms with van der Waals surface area (Å²) in [6.45, 7) is 1.82. The van der Waals surface area contributed by atoms with E-state index in [1.807, 2.05) is 6.92 Å². The van der Waals surface area contributed by atoms with Crippen LogP contribution in [0.2, 0.25) is 0 Å². The summed E-state index contributed by atoms with van der Waals surface area (Å²) in [6.07, 6.45) is -4.37. The zero-order valence-electron chi connectivity index (χ0n) is 11.7. The Hall–Kier alpha value is -2.01. The Kier molecular flexibility index (Phi) is 4.23. The Balaban J connectivity index is 2.57. The highest BCUT2D eigenvalue weighted by molar-refractivity contribution is 5.72. The van der Waals surface area contributed by atoms with Crippen molar-refractivity contribution in [2.45, 2.75) is 19.1 Å². The second-order valence-electron chi connectivity index (χ2n) is 4.83. The normalized spacial score (nSPS) is 13.0. The Labute approximate surface area is 121 Å². The van der Waals surface area contributed by atoms with E-state index in [0.717, 1.165) is 17.7 Å². The van der Waals surface area contributed by atoms with Crippen LogP contribution in [0.25, 0.3) is 11.1 Å². The molecule has 1 unspecified atom stereocenters. The minimum Gasteiger partial charge on any atom is -0.496 e. The molecule has 0 amide bonds. The average molecular weight is 295 g/mol. The predicted octanol–water partition coefficient (Wildman–Crippen LogP) is 4.40. The minimum absolute atomic E-state index is 0.208. The molecule has 112 valence electrons. The highest BCUT2D eigenvalue weighted by Gasteiger charge is 2.30. The first-order valence-corrected chi connectivity index (χ1v) is 6.44. The summed E-state index contributed by atoms with van der Waals surface area (Å²) in [7, 11) is 1.48. The zero-order valence-corrected chi connectivity index (χ0v) is 11.7. The van der Waals surface area contributed by atoms with Gasteiger partial charge in [0.25, 0.3) is 0 Å². The smallest absolute Gasteiger partial charge is 0.416 e. The number of rotatable bonds is 3. The van der Waals surface area contributed by atoms with Gasteiger partial charge >= 0.3 is 6.18 Å². The number of ether oxygens (including phenoxy) is 1. The average Bonchev–Trinajstić information content (AvgIpc) is 2.45. The summed E-state index contributed by atoms with van der Waals surface area (Å²) in [5.74, 6) is 0.513. The predicted molar refractivity (Wildman–Crippen MR) is 76.0 cm³/mol. The molecule has 0 spiro atoms. The topological polar surface area (TPSA) is 35.2 Å². The van der Waals surface area contributed by atoms with E-state index in [2.05, 4.69) is 0 Å². The molecule has 1 atom stereocenters. The van der Waals surface area contributed by atoms with Crippen LogP contribution in [0.1, 0.15) is 24.1 Å². The number of hydrogen-bond donors (Lipinski definition) is 1. The van der Waals surface area contributed by atoms with E-state index in [0.29, 0.717) is 16.9 Å². The van der Waals surface area contributed by atoms with Crippen LogP contribution in [0.5, 0.6) is 5.75 Å². The third-order valence-electron chi connectivity index (χ3n) is 3.25. The van der Waals surface area contributed by atoms with E-state index in [4.69, 9.17) is 10.5 Å². The van der Waals surface area contributed by atoms with Gasteiger partial charge in [0.05, 0.1) is 12.7 Å². The van der Waals surface area contributed by atoms with Crippen molar-refractivity contribution in [2.75, 3.05) is 7.11 Å². The van der Waals surface area contributed by atoms with Crippen LogP contribution in [0.3, 0.4) is 0 Å². The van der Waals surface area contributed by atoms with Crippen molar-refractivity contribution in [3.05, 3.63) is 53.6 Å². The number of nitrogens with two attached hydrogens (primary N) is 1. The molecule has 2 aromatic carbocycles. The summed E-state index contributed by atoms with van der Waals surface area (Å²) >= 11 is 0. The van der Waals surface area contributed by atoms with Crippen LogP contribution >= 0.6 is 0 Å². The Morgan fingerprint density at radius 1 is 1.10 bits per heavy atom. The largest absolute Gasteiger partial charge is 0.496 e. The lowest BCUT2D eigenvalue weighted by Crippen LogP contribution is -2.06. The second kappa shape index (κ2) is 5.77. The molecule has 0 aliphatic heterocycles. The zero-order chi connectivity index (χ0) is 15.6. The van der Waals surface area contributed by atoms with Crippen LogP contribution in [-0.4, -0.2) is 7.11 Å². The van der Waals surface area contributed by atoms with Crippen LogP contribution < -0.4 is 10.5 Å². The number of halogens is 3. The molecule has 2 nitrogen and oxygen atoms in total.